The minimum atomic E-state index is 0. The SMILES string of the molecule is C=[C-]CN(CC=C)c1ccc(Cl)cc1.[Li+]. The molecule has 0 aliphatic rings. The Morgan fingerprint density at radius 1 is 1.33 bits per heavy atom. The summed E-state index contributed by atoms with van der Waals surface area (Å²) < 4.78 is 0. The van der Waals surface area contributed by atoms with Crippen LogP contribution in [-0.2, 0) is 0 Å². The largest absolute Gasteiger partial charge is 1.00 e. The van der Waals surface area contributed by atoms with Gasteiger partial charge in [-0.2, -0.15) is 0 Å². The van der Waals surface area contributed by atoms with Crippen LogP contribution in [0.4, 0.5) is 5.69 Å². The molecule has 15 heavy (non-hydrogen) atoms. The summed E-state index contributed by atoms with van der Waals surface area (Å²) in [5, 5.41) is 0.745. The quantitative estimate of drug-likeness (QED) is 0.387. The number of rotatable bonds is 5. The minimum Gasteiger partial charge on any atom is -0.484 e. The maximum Gasteiger partial charge on any atom is 1.00 e. The average molecular weight is 214 g/mol. The van der Waals surface area contributed by atoms with Crippen LogP contribution in [-0.4, -0.2) is 13.1 Å². The Hall–Kier alpha value is -0.613. The number of benzene rings is 1. The third-order valence-corrected chi connectivity index (χ3v) is 2.10. The van der Waals surface area contributed by atoms with Gasteiger partial charge in [-0.05, 0) is 24.3 Å². The molecule has 0 saturated heterocycles. The van der Waals surface area contributed by atoms with Crippen LogP contribution in [0.25, 0.3) is 0 Å². The fourth-order valence-corrected chi connectivity index (χ4v) is 1.33. The Bertz CT molecular complexity index is 298. The molecule has 1 aromatic carbocycles. The fourth-order valence-electron chi connectivity index (χ4n) is 1.20. The van der Waals surface area contributed by atoms with Crippen molar-refractivity contribution in [2.24, 2.45) is 0 Å². The van der Waals surface area contributed by atoms with Gasteiger partial charge in [-0.25, -0.2) is 0 Å². The summed E-state index contributed by atoms with van der Waals surface area (Å²) in [5.74, 6) is 0. The van der Waals surface area contributed by atoms with Crippen molar-refractivity contribution in [1.29, 1.82) is 0 Å². The van der Waals surface area contributed by atoms with Crippen molar-refractivity contribution in [3.05, 3.63) is 54.6 Å². The summed E-state index contributed by atoms with van der Waals surface area (Å²) in [6, 6.07) is 7.69. The van der Waals surface area contributed by atoms with Crippen molar-refractivity contribution in [2.75, 3.05) is 18.0 Å². The molecule has 0 radical (unpaired) electrons. The van der Waals surface area contributed by atoms with Crippen LogP contribution in [0.2, 0.25) is 5.02 Å². The Labute approximate surface area is 109 Å². The van der Waals surface area contributed by atoms with Gasteiger partial charge in [-0.15, -0.1) is 13.1 Å². The van der Waals surface area contributed by atoms with E-state index in [-0.39, 0.29) is 18.9 Å². The number of hydrogen-bond acceptors (Lipinski definition) is 1. The molecule has 0 atom stereocenters. The van der Waals surface area contributed by atoms with Gasteiger partial charge in [-0.1, -0.05) is 17.7 Å². The third-order valence-electron chi connectivity index (χ3n) is 1.84. The van der Waals surface area contributed by atoms with Crippen LogP contribution >= 0.6 is 11.6 Å². The summed E-state index contributed by atoms with van der Waals surface area (Å²) in [6.07, 6.45) is 4.71. The molecule has 0 spiro atoms. The fraction of sp³-hybridized carbons (Fsp3) is 0.167. The van der Waals surface area contributed by atoms with E-state index in [4.69, 9.17) is 11.6 Å². The standard InChI is InChI=1S/C12H13ClN.Li/c1-3-9-14(10-4-2)12-7-5-11(13)6-8-12;/h3,5-8H,1-2,9-10H2;/q-1;+1. The number of halogens is 1. The van der Waals surface area contributed by atoms with E-state index in [1.807, 2.05) is 30.3 Å². The molecule has 1 nitrogen and oxygen atoms in total. The predicted molar refractivity (Wildman–Crippen MR) is 62.7 cm³/mol. The van der Waals surface area contributed by atoms with Gasteiger partial charge in [-0.3, -0.25) is 6.58 Å². The van der Waals surface area contributed by atoms with Crippen molar-refractivity contribution in [2.45, 2.75) is 0 Å². The predicted octanol–water partition coefficient (Wildman–Crippen LogP) is 0.326. The van der Waals surface area contributed by atoms with E-state index in [1.54, 1.807) is 0 Å². The van der Waals surface area contributed by atoms with Gasteiger partial charge in [0.25, 0.3) is 0 Å². The summed E-state index contributed by atoms with van der Waals surface area (Å²) in [4.78, 5) is 2.11. The van der Waals surface area contributed by atoms with Crippen LogP contribution in [0.15, 0.2) is 43.5 Å². The molecule has 0 fully saturated rings. The van der Waals surface area contributed by atoms with E-state index in [0.29, 0.717) is 6.54 Å². The zero-order chi connectivity index (χ0) is 10.4. The third kappa shape index (κ3) is 4.62. The van der Waals surface area contributed by atoms with Crippen molar-refractivity contribution in [3.63, 3.8) is 0 Å². The summed E-state index contributed by atoms with van der Waals surface area (Å²) in [5.41, 5.74) is 1.10. The molecule has 3 heteroatoms. The van der Waals surface area contributed by atoms with Crippen molar-refractivity contribution < 1.29 is 18.9 Å². The second kappa shape index (κ2) is 7.65. The maximum atomic E-state index is 5.80. The van der Waals surface area contributed by atoms with Gasteiger partial charge in [0, 0.05) is 17.3 Å². The first-order valence-corrected chi connectivity index (χ1v) is 4.77. The number of hydrogen-bond donors (Lipinski definition) is 0. The van der Waals surface area contributed by atoms with Gasteiger partial charge >= 0.3 is 18.9 Å². The smallest absolute Gasteiger partial charge is 0.484 e. The van der Waals surface area contributed by atoms with Crippen molar-refractivity contribution in [1.82, 2.24) is 0 Å². The van der Waals surface area contributed by atoms with E-state index in [1.165, 1.54) is 0 Å². The van der Waals surface area contributed by atoms with Crippen LogP contribution in [0.3, 0.4) is 0 Å². The second-order valence-corrected chi connectivity index (χ2v) is 3.33. The average Bonchev–Trinajstić information content (AvgIpc) is 2.19. The molecule has 0 aliphatic heterocycles. The molecule has 0 amide bonds. The number of nitrogens with zero attached hydrogens (tertiary/aromatic N) is 1. The molecule has 0 N–H and O–H groups in total. The molecule has 0 bridgehead atoms. The zero-order valence-corrected chi connectivity index (χ0v) is 9.80. The molecule has 1 rings (SSSR count). The molecule has 0 saturated carbocycles. The first-order valence-electron chi connectivity index (χ1n) is 4.39. The van der Waals surface area contributed by atoms with Crippen LogP contribution < -0.4 is 23.8 Å². The Balaban J connectivity index is 0.00000196. The Morgan fingerprint density at radius 2 is 1.93 bits per heavy atom. The zero-order valence-electron chi connectivity index (χ0n) is 9.04. The molecular formula is C12H13ClLiN. The minimum absolute atomic E-state index is 0. The molecule has 0 heterocycles. The van der Waals surface area contributed by atoms with E-state index in [0.717, 1.165) is 17.3 Å². The normalized spacial score (nSPS) is 8.87. The summed E-state index contributed by atoms with van der Waals surface area (Å²) in [7, 11) is 0. The molecule has 0 aromatic heterocycles. The summed E-state index contributed by atoms with van der Waals surface area (Å²) in [6.45, 7) is 8.78. The van der Waals surface area contributed by atoms with Crippen LogP contribution in [0.1, 0.15) is 0 Å². The van der Waals surface area contributed by atoms with Gasteiger partial charge in [0.05, 0.1) is 0 Å². The number of anilines is 1. The van der Waals surface area contributed by atoms with Crippen molar-refractivity contribution in [3.8, 4) is 0 Å². The van der Waals surface area contributed by atoms with Gasteiger partial charge in [0.1, 0.15) is 0 Å². The van der Waals surface area contributed by atoms with E-state index in [2.05, 4.69) is 24.1 Å². The first kappa shape index (κ1) is 14.4. The van der Waals surface area contributed by atoms with Gasteiger partial charge < -0.3 is 11.0 Å². The van der Waals surface area contributed by atoms with E-state index in [9.17, 15) is 0 Å². The topological polar surface area (TPSA) is 3.24 Å². The molecular weight excluding hydrogens is 201 g/mol. The van der Waals surface area contributed by atoms with Crippen molar-refractivity contribution >= 4 is 17.3 Å². The van der Waals surface area contributed by atoms with E-state index < -0.39 is 0 Å². The molecule has 1 aromatic rings. The first-order chi connectivity index (χ1) is 6.77. The Morgan fingerprint density at radius 3 is 2.40 bits per heavy atom. The second-order valence-electron chi connectivity index (χ2n) is 2.90. The molecule has 0 aliphatic carbocycles. The van der Waals surface area contributed by atoms with Crippen LogP contribution in [0, 0.1) is 6.08 Å². The maximum absolute atomic E-state index is 5.80. The van der Waals surface area contributed by atoms with E-state index >= 15 is 0 Å². The monoisotopic (exact) mass is 213 g/mol. The summed E-state index contributed by atoms with van der Waals surface area (Å²) >= 11 is 5.80. The molecule has 0 unspecified atom stereocenters. The van der Waals surface area contributed by atoms with Crippen LogP contribution in [0.5, 0.6) is 0 Å². The molecule has 74 valence electrons. The van der Waals surface area contributed by atoms with Gasteiger partial charge in [0.2, 0.25) is 0 Å². The Kier molecular flexibility index (Phi) is 7.34. The van der Waals surface area contributed by atoms with Gasteiger partial charge in [0.15, 0.2) is 0 Å².